The Labute approximate surface area is 138 Å². The maximum atomic E-state index is 10.4. The van der Waals surface area contributed by atoms with Crippen LogP contribution in [0.15, 0.2) is 0 Å². The topological polar surface area (TPSA) is 180 Å². The van der Waals surface area contributed by atoms with Gasteiger partial charge in [-0.25, -0.2) is 0 Å². The summed E-state index contributed by atoms with van der Waals surface area (Å²) in [5, 5.41) is 77.6. The minimum atomic E-state index is -1.68. The fourth-order valence-corrected chi connectivity index (χ4v) is 3.52. The van der Waals surface area contributed by atoms with Gasteiger partial charge in [-0.05, 0) is 12.3 Å². The highest BCUT2D eigenvalue weighted by Gasteiger charge is 2.56. The molecule has 8 N–H and O–H groups in total. The van der Waals surface area contributed by atoms with Crippen molar-refractivity contribution in [1.82, 2.24) is 0 Å². The van der Waals surface area contributed by atoms with Crippen molar-refractivity contribution in [1.29, 1.82) is 0 Å². The molecule has 0 spiro atoms. The molecule has 10 heteroatoms. The molecule has 0 aromatic carbocycles. The van der Waals surface area contributed by atoms with Gasteiger partial charge < -0.3 is 50.3 Å². The van der Waals surface area contributed by atoms with Gasteiger partial charge in [-0.15, -0.1) is 0 Å². The molecule has 24 heavy (non-hydrogen) atoms. The molecule has 1 heterocycles. The summed E-state index contributed by atoms with van der Waals surface area (Å²) in [5.74, 6) is -1.28. The van der Waals surface area contributed by atoms with Crippen molar-refractivity contribution in [3.05, 3.63) is 0 Å². The fraction of sp³-hybridized carbons (Fsp3) is 1.00. The van der Waals surface area contributed by atoms with E-state index in [1.165, 1.54) is 0 Å². The first kappa shape index (κ1) is 19.9. The minimum absolute atomic E-state index is 0.0125. The number of rotatable bonds is 6. The third kappa shape index (κ3) is 3.31. The molecule has 0 aromatic heterocycles. The van der Waals surface area contributed by atoms with E-state index >= 15 is 0 Å². The first-order valence-electron chi connectivity index (χ1n) is 7.84. The Hall–Kier alpha value is -0.400. The lowest BCUT2D eigenvalue weighted by Gasteiger charge is -2.44. The fourth-order valence-electron chi connectivity index (χ4n) is 3.52. The summed E-state index contributed by atoms with van der Waals surface area (Å²) in [6.45, 7) is -2.11. The van der Waals surface area contributed by atoms with Crippen molar-refractivity contribution in [3.8, 4) is 0 Å². The molecule has 1 saturated heterocycles. The van der Waals surface area contributed by atoms with Crippen molar-refractivity contribution in [2.45, 2.75) is 48.8 Å². The quantitative estimate of drug-likeness (QED) is 0.232. The van der Waals surface area contributed by atoms with Gasteiger partial charge in [-0.1, -0.05) is 0 Å². The van der Waals surface area contributed by atoms with Crippen LogP contribution >= 0.6 is 0 Å². The Balaban J connectivity index is 2.20. The van der Waals surface area contributed by atoms with Gasteiger partial charge in [-0.2, -0.15) is 0 Å². The van der Waals surface area contributed by atoms with Gasteiger partial charge in [0.25, 0.3) is 0 Å². The van der Waals surface area contributed by atoms with Gasteiger partial charge in [-0.3, -0.25) is 0 Å². The molecule has 9 atom stereocenters. The summed E-state index contributed by atoms with van der Waals surface area (Å²) in [4.78, 5) is 0. The molecule has 2 aliphatic rings. The van der Waals surface area contributed by atoms with Crippen molar-refractivity contribution in [3.63, 3.8) is 0 Å². The molecule has 5 unspecified atom stereocenters. The maximum absolute atomic E-state index is 10.4. The molecule has 142 valence electrons. The average Bonchev–Trinajstić information content (AvgIpc) is 2.87. The number of hydrogen-bond donors (Lipinski definition) is 8. The monoisotopic (exact) mass is 354 g/mol. The maximum Gasteiger partial charge on any atom is 0.187 e. The van der Waals surface area contributed by atoms with Crippen molar-refractivity contribution < 1.29 is 50.3 Å². The van der Waals surface area contributed by atoms with Crippen LogP contribution in [0.5, 0.6) is 0 Å². The molecular weight excluding hydrogens is 328 g/mol. The largest absolute Gasteiger partial charge is 0.396 e. The van der Waals surface area contributed by atoms with Gasteiger partial charge in [0.05, 0.1) is 19.3 Å². The Kier molecular flexibility index (Phi) is 6.53. The van der Waals surface area contributed by atoms with Crippen LogP contribution in [0, 0.1) is 11.8 Å². The number of aliphatic hydroxyl groups excluding tert-OH is 8. The molecule has 10 nitrogen and oxygen atoms in total. The predicted octanol–water partition coefficient (Wildman–Crippen LogP) is -4.48. The Morgan fingerprint density at radius 2 is 1.54 bits per heavy atom. The summed E-state index contributed by atoms with van der Waals surface area (Å²) in [7, 11) is 0. The van der Waals surface area contributed by atoms with E-state index in [1.54, 1.807) is 0 Å². The van der Waals surface area contributed by atoms with Gasteiger partial charge in [0.2, 0.25) is 0 Å². The van der Waals surface area contributed by atoms with Crippen LogP contribution in [0.2, 0.25) is 0 Å². The van der Waals surface area contributed by atoms with Gasteiger partial charge in [0.15, 0.2) is 6.29 Å². The van der Waals surface area contributed by atoms with E-state index in [9.17, 15) is 40.9 Å². The summed E-state index contributed by atoms with van der Waals surface area (Å²) < 4.78 is 10.8. The molecule has 0 radical (unpaired) electrons. The molecule has 0 amide bonds. The third-order valence-corrected chi connectivity index (χ3v) is 5.07. The van der Waals surface area contributed by atoms with Crippen LogP contribution < -0.4 is 0 Å². The predicted molar refractivity (Wildman–Crippen MR) is 76.4 cm³/mol. The van der Waals surface area contributed by atoms with Crippen molar-refractivity contribution >= 4 is 0 Å². The smallest absolute Gasteiger partial charge is 0.187 e. The SMILES string of the molecule is OCC1C(O)[C@](CO)(O[C@@H]2OC(CO)[C@@H](O)C(O)C2O)C[C@@H]1CO. The van der Waals surface area contributed by atoms with Crippen LogP contribution in [0.25, 0.3) is 0 Å². The van der Waals surface area contributed by atoms with Gasteiger partial charge >= 0.3 is 0 Å². The zero-order chi connectivity index (χ0) is 18.1. The molecule has 1 aliphatic heterocycles. The van der Waals surface area contributed by atoms with Crippen LogP contribution in [0.4, 0.5) is 0 Å². The Bertz CT molecular complexity index is 407. The number of hydrogen-bond acceptors (Lipinski definition) is 10. The van der Waals surface area contributed by atoms with Crippen molar-refractivity contribution in [2.75, 3.05) is 26.4 Å². The second-order valence-electron chi connectivity index (χ2n) is 6.48. The summed E-state index contributed by atoms with van der Waals surface area (Å²) >= 11 is 0. The van der Waals surface area contributed by atoms with E-state index < -0.39 is 74.1 Å². The standard InChI is InChI=1S/C14H26O10/c15-2-6-1-14(5-18,12(22)7(6)3-16)24-13-11(21)10(20)9(19)8(4-17)23-13/h6-13,15-22H,1-5H2/t6-,7?,8?,9-,10?,11?,12?,13+,14+/m1/s1. The highest BCUT2D eigenvalue weighted by atomic mass is 16.7. The van der Waals surface area contributed by atoms with Gasteiger partial charge in [0, 0.05) is 19.1 Å². The van der Waals surface area contributed by atoms with Crippen LogP contribution in [0.1, 0.15) is 6.42 Å². The average molecular weight is 354 g/mol. The van der Waals surface area contributed by atoms with E-state index in [4.69, 9.17) is 9.47 Å². The third-order valence-electron chi connectivity index (χ3n) is 5.07. The molecule has 1 aliphatic carbocycles. The van der Waals surface area contributed by atoms with E-state index in [1.807, 2.05) is 0 Å². The molecular formula is C14H26O10. The Morgan fingerprint density at radius 1 is 0.875 bits per heavy atom. The molecule has 2 fully saturated rings. The van der Waals surface area contributed by atoms with Crippen LogP contribution in [0.3, 0.4) is 0 Å². The van der Waals surface area contributed by atoms with E-state index in [-0.39, 0.29) is 13.0 Å². The minimum Gasteiger partial charge on any atom is -0.396 e. The number of ether oxygens (including phenoxy) is 2. The molecule has 1 saturated carbocycles. The normalized spacial score (nSPS) is 49.5. The lowest BCUT2D eigenvalue weighted by Crippen LogP contribution is -2.62. The van der Waals surface area contributed by atoms with E-state index in [2.05, 4.69) is 0 Å². The molecule has 0 bridgehead atoms. The van der Waals surface area contributed by atoms with Gasteiger partial charge in [0.1, 0.15) is 30.0 Å². The van der Waals surface area contributed by atoms with E-state index in [0.29, 0.717) is 0 Å². The summed E-state index contributed by atoms with van der Waals surface area (Å²) in [6, 6.07) is 0. The highest BCUT2D eigenvalue weighted by Crippen LogP contribution is 2.43. The summed E-state index contributed by atoms with van der Waals surface area (Å²) in [5.41, 5.74) is -1.63. The summed E-state index contributed by atoms with van der Waals surface area (Å²) in [6.07, 6.45) is -8.97. The lowest BCUT2D eigenvalue weighted by atomic mass is 9.95. The Morgan fingerprint density at radius 3 is 2.00 bits per heavy atom. The van der Waals surface area contributed by atoms with Crippen molar-refractivity contribution in [2.24, 2.45) is 11.8 Å². The first-order valence-corrected chi connectivity index (χ1v) is 7.84. The highest BCUT2D eigenvalue weighted by molar-refractivity contribution is 5.04. The van der Waals surface area contributed by atoms with Crippen LogP contribution in [-0.2, 0) is 9.47 Å². The second-order valence-corrected chi connectivity index (χ2v) is 6.48. The lowest BCUT2D eigenvalue weighted by molar-refractivity contribution is -0.338. The van der Waals surface area contributed by atoms with Crippen LogP contribution in [-0.4, -0.2) is 110 Å². The van der Waals surface area contributed by atoms with E-state index in [0.717, 1.165) is 0 Å². The number of aliphatic hydroxyl groups is 8. The second kappa shape index (κ2) is 7.87. The molecule has 0 aromatic rings. The first-order chi connectivity index (χ1) is 11.3. The molecule has 2 rings (SSSR count). The zero-order valence-corrected chi connectivity index (χ0v) is 13.0. The zero-order valence-electron chi connectivity index (χ0n) is 13.0.